The van der Waals surface area contributed by atoms with Gasteiger partial charge in [-0.3, -0.25) is 4.98 Å². The zero-order valence-corrected chi connectivity index (χ0v) is 16.8. The summed E-state index contributed by atoms with van der Waals surface area (Å²) in [6, 6.07) is 11.8. The summed E-state index contributed by atoms with van der Waals surface area (Å²) >= 11 is 0. The number of alkyl halides is 2. The van der Waals surface area contributed by atoms with E-state index in [9.17, 15) is 8.78 Å². The Morgan fingerprint density at radius 2 is 1.90 bits per heavy atom. The molecule has 0 saturated carbocycles. The standard InChI is InChI=1S/C21H24F2N6O/c1-29(2)12-4-11-25-21-27-18(15-5-3-10-24-14-15)13-19(28-21)26-16-6-8-17(9-7-16)30-20(22)23/h3,5-10,13-14,20H,4,11-12H2,1-2H3,(H2,25,26,27,28). The summed E-state index contributed by atoms with van der Waals surface area (Å²) in [5, 5.41) is 6.44. The molecule has 0 spiro atoms. The molecule has 3 rings (SSSR count). The topological polar surface area (TPSA) is 75.2 Å². The van der Waals surface area contributed by atoms with Gasteiger partial charge in [0.1, 0.15) is 11.6 Å². The molecule has 3 aromatic rings. The lowest BCUT2D eigenvalue weighted by Crippen LogP contribution is -2.17. The molecule has 2 N–H and O–H groups in total. The summed E-state index contributed by atoms with van der Waals surface area (Å²) < 4.78 is 29.0. The quantitative estimate of drug-likeness (QED) is 0.481. The summed E-state index contributed by atoms with van der Waals surface area (Å²) in [5.74, 6) is 1.16. The van der Waals surface area contributed by atoms with Crippen LogP contribution in [-0.4, -0.2) is 53.6 Å². The van der Waals surface area contributed by atoms with Crippen molar-refractivity contribution >= 4 is 17.5 Å². The number of nitrogens with zero attached hydrogens (tertiary/aromatic N) is 4. The van der Waals surface area contributed by atoms with Crippen LogP contribution in [0.3, 0.4) is 0 Å². The molecule has 0 fully saturated rings. The van der Waals surface area contributed by atoms with E-state index in [1.165, 1.54) is 12.1 Å². The Morgan fingerprint density at radius 1 is 1.10 bits per heavy atom. The van der Waals surface area contributed by atoms with E-state index >= 15 is 0 Å². The normalized spacial score (nSPS) is 11.0. The van der Waals surface area contributed by atoms with Gasteiger partial charge in [-0.1, -0.05) is 0 Å². The maximum Gasteiger partial charge on any atom is 0.387 e. The van der Waals surface area contributed by atoms with Crippen LogP contribution >= 0.6 is 0 Å². The van der Waals surface area contributed by atoms with Crippen molar-refractivity contribution in [3.8, 4) is 17.0 Å². The number of benzene rings is 1. The molecule has 30 heavy (non-hydrogen) atoms. The van der Waals surface area contributed by atoms with Crippen molar-refractivity contribution in [2.24, 2.45) is 0 Å². The van der Waals surface area contributed by atoms with Crippen molar-refractivity contribution in [3.05, 3.63) is 54.9 Å². The highest BCUT2D eigenvalue weighted by Gasteiger charge is 2.09. The Morgan fingerprint density at radius 3 is 2.57 bits per heavy atom. The number of hydrogen-bond acceptors (Lipinski definition) is 7. The molecule has 0 bridgehead atoms. The van der Waals surface area contributed by atoms with Crippen molar-refractivity contribution in [2.75, 3.05) is 37.8 Å². The van der Waals surface area contributed by atoms with E-state index in [4.69, 9.17) is 0 Å². The summed E-state index contributed by atoms with van der Waals surface area (Å²) in [6.07, 6.45) is 4.38. The van der Waals surface area contributed by atoms with E-state index in [1.54, 1.807) is 24.5 Å². The molecule has 0 unspecified atom stereocenters. The first-order valence-electron chi connectivity index (χ1n) is 9.49. The van der Waals surface area contributed by atoms with Crippen LogP contribution in [0.1, 0.15) is 6.42 Å². The number of halogens is 2. The number of nitrogens with one attached hydrogen (secondary N) is 2. The van der Waals surface area contributed by atoms with Crippen LogP contribution in [0.4, 0.5) is 26.2 Å². The van der Waals surface area contributed by atoms with Crippen molar-refractivity contribution < 1.29 is 13.5 Å². The van der Waals surface area contributed by atoms with Gasteiger partial charge in [-0.15, -0.1) is 0 Å². The van der Waals surface area contributed by atoms with Crippen LogP contribution < -0.4 is 15.4 Å². The molecule has 0 aliphatic heterocycles. The summed E-state index contributed by atoms with van der Waals surface area (Å²) in [6.45, 7) is -1.17. The number of pyridine rings is 1. The zero-order chi connectivity index (χ0) is 21.3. The lowest BCUT2D eigenvalue weighted by molar-refractivity contribution is -0.0498. The smallest absolute Gasteiger partial charge is 0.387 e. The number of rotatable bonds is 10. The SMILES string of the molecule is CN(C)CCCNc1nc(Nc2ccc(OC(F)F)cc2)cc(-c2cccnc2)n1. The van der Waals surface area contributed by atoms with Gasteiger partial charge >= 0.3 is 6.61 Å². The molecule has 9 heteroatoms. The lowest BCUT2D eigenvalue weighted by atomic mass is 10.2. The molecule has 2 heterocycles. The minimum atomic E-state index is -2.85. The largest absolute Gasteiger partial charge is 0.435 e. The molecule has 1 aromatic carbocycles. The Kier molecular flexibility index (Phi) is 7.45. The molecular formula is C21H24F2N6O. The van der Waals surface area contributed by atoms with Crippen molar-refractivity contribution in [1.82, 2.24) is 19.9 Å². The van der Waals surface area contributed by atoms with Gasteiger partial charge in [-0.05, 0) is 63.5 Å². The van der Waals surface area contributed by atoms with E-state index < -0.39 is 6.61 Å². The summed E-state index contributed by atoms with van der Waals surface area (Å²) in [5.41, 5.74) is 2.26. The Labute approximate surface area is 174 Å². The van der Waals surface area contributed by atoms with Gasteiger partial charge in [0.2, 0.25) is 5.95 Å². The van der Waals surface area contributed by atoms with E-state index in [0.29, 0.717) is 23.1 Å². The van der Waals surface area contributed by atoms with E-state index in [0.717, 1.165) is 25.1 Å². The van der Waals surface area contributed by atoms with Crippen LogP contribution in [0, 0.1) is 0 Å². The molecule has 0 aliphatic rings. The van der Waals surface area contributed by atoms with Gasteiger partial charge in [-0.25, -0.2) is 4.98 Å². The average Bonchev–Trinajstić information content (AvgIpc) is 2.73. The second kappa shape index (κ2) is 10.4. The molecule has 158 valence electrons. The van der Waals surface area contributed by atoms with Gasteiger partial charge in [-0.2, -0.15) is 13.8 Å². The van der Waals surface area contributed by atoms with Crippen LogP contribution in [0.15, 0.2) is 54.9 Å². The first kappa shape index (κ1) is 21.4. The first-order chi connectivity index (χ1) is 14.5. The van der Waals surface area contributed by atoms with E-state index in [-0.39, 0.29) is 5.75 Å². The van der Waals surface area contributed by atoms with Gasteiger partial charge in [0, 0.05) is 36.3 Å². The second-order valence-corrected chi connectivity index (χ2v) is 6.82. The monoisotopic (exact) mass is 414 g/mol. The van der Waals surface area contributed by atoms with E-state index in [2.05, 4.69) is 35.2 Å². The Hall–Kier alpha value is -3.33. The zero-order valence-electron chi connectivity index (χ0n) is 16.8. The third-order valence-electron chi connectivity index (χ3n) is 4.10. The molecule has 0 radical (unpaired) electrons. The summed E-state index contributed by atoms with van der Waals surface area (Å²) in [7, 11) is 4.05. The molecule has 0 saturated heterocycles. The van der Waals surface area contributed by atoms with Crippen LogP contribution in [0.2, 0.25) is 0 Å². The molecule has 0 atom stereocenters. The van der Waals surface area contributed by atoms with Crippen molar-refractivity contribution in [2.45, 2.75) is 13.0 Å². The predicted molar refractivity (Wildman–Crippen MR) is 113 cm³/mol. The van der Waals surface area contributed by atoms with Gasteiger partial charge in [0.15, 0.2) is 0 Å². The molecule has 0 amide bonds. The third-order valence-corrected chi connectivity index (χ3v) is 4.10. The average molecular weight is 414 g/mol. The molecule has 0 aliphatic carbocycles. The fraction of sp³-hybridized carbons (Fsp3) is 0.286. The van der Waals surface area contributed by atoms with Crippen LogP contribution in [-0.2, 0) is 0 Å². The molecular weight excluding hydrogens is 390 g/mol. The highest BCUT2D eigenvalue weighted by atomic mass is 19.3. The highest BCUT2D eigenvalue weighted by molar-refractivity contribution is 5.67. The number of anilines is 3. The minimum Gasteiger partial charge on any atom is -0.435 e. The van der Waals surface area contributed by atoms with Crippen molar-refractivity contribution in [3.63, 3.8) is 0 Å². The Bertz CT molecular complexity index is 923. The predicted octanol–water partition coefficient (Wildman–Crippen LogP) is 4.25. The first-order valence-corrected chi connectivity index (χ1v) is 9.49. The third kappa shape index (κ3) is 6.63. The molecule has 2 aromatic heterocycles. The van der Waals surface area contributed by atoms with Crippen LogP contribution in [0.5, 0.6) is 5.75 Å². The maximum absolute atomic E-state index is 12.3. The number of ether oxygens (including phenoxy) is 1. The highest BCUT2D eigenvalue weighted by Crippen LogP contribution is 2.24. The fourth-order valence-corrected chi connectivity index (χ4v) is 2.72. The molecule has 7 nitrogen and oxygen atoms in total. The van der Waals surface area contributed by atoms with Crippen LogP contribution in [0.25, 0.3) is 11.3 Å². The minimum absolute atomic E-state index is 0.0949. The van der Waals surface area contributed by atoms with Crippen molar-refractivity contribution in [1.29, 1.82) is 0 Å². The fourth-order valence-electron chi connectivity index (χ4n) is 2.72. The van der Waals surface area contributed by atoms with E-state index in [1.807, 2.05) is 32.3 Å². The van der Waals surface area contributed by atoms with Gasteiger partial charge in [0.05, 0.1) is 5.69 Å². The maximum atomic E-state index is 12.3. The van der Waals surface area contributed by atoms with Gasteiger partial charge < -0.3 is 20.3 Å². The second-order valence-electron chi connectivity index (χ2n) is 6.82. The van der Waals surface area contributed by atoms with Gasteiger partial charge in [0.25, 0.3) is 0 Å². The summed E-state index contributed by atoms with van der Waals surface area (Å²) in [4.78, 5) is 15.4. The lowest BCUT2D eigenvalue weighted by Gasteiger charge is -2.13. The number of aromatic nitrogens is 3. The number of hydrogen-bond donors (Lipinski definition) is 2. The Balaban J connectivity index is 1.78.